The van der Waals surface area contributed by atoms with Gasteiger partial charge in [-0.15, -0.1) is 0 Å². The predicted molar refractivity (Wildman–Crippen MR) is 133 cm³/mol. The summed E-state index contributed by atoms with van der Waals surface area (Å²) in [4.78, 5) is 24.8. The van der Waals surface area contributed by atoms with Gasteiger partial charge in [0, 0.05) is 31.0 Å². The van der Waals surface area contributed by atoms with Crippen LogP contribution in [0.3, 0.4) is 0 Å². The molecule has 1 aliphatic rings. The SMILES string of the molecule is COc1ccc(CCNC(=O)CC[C@]2(Cc3cccc4ccccc34)CCC(=O)N2)c(OC)c1. The minimum atomic E-state index is -0.391. The molecule has 1 heterocycles. The first-order valence-electron chi connectivity index (χ1n) is 11.8. The molecule has 1 atom stereocenters. The summed E-state index contributed by atoms with van der Waals surface area (Å²) in [6.07, 6.45) is 3.60. The first kappa shape index (κ1) is 23.6. The quantitative estimate of drug-likeness (QED) is 0.476. The highest BCUT2D eigenvalue weighted by molar-refractivity contribution is 5.86. The standard InChI is InChI=1S/C28H32N2O4/c1-33-23-11-10-21(25(18-23)34-2)14-17-29-26(31)12-15-28(16-13-27(32)30-28)19-22-8-5-7-20-6-3-4-9-24(20)22/h3-11,18H,12-17,19H2,1-2H3,(H,29,31)(H,30,32)/t28-/m1/s1. The van der Waals surface area contributed by atoms with Crippen LogP contribution in [0.5, 0.6) is 11.5 Å². The van der Waals surface area contributed by atoms with Gasteiger partial charge in [-0.1, -0.05) is 48.5 Å². The van der Waals surface area contributed by atoms with E-state index in [2.05, 4.69) is 41.0 Å². The zero-order valence-corrected chi connectivity index (χ0v) is 19.9. The Balaban J connectivity index is 1.36. The molecule has 0 aromatic heterocycles. The lowest BCUT2D eigenvalue weighted by Gasteiger charge is -2.30. The molecule has 2 amide bonds. The fourth-order valence-corrected chi connectivity index (χ4v) is 4.83. The lowest BCUT2D eigenvalue weighted by atomic mass is 9.83. The smallest absolute Gasteiger partial charge is 0.220 e. The van der Waals surface area contributed by atoms with Crippen molar-refractivity contribution >= 4 is 22.6 Å². The number of benzene rings is 3. The summed E-state index contributed by atoms with van der Waals surface area (Å²) in [5, 5.41) is 8.60. The molecule has 0 bridgehead atoms. The second kappa shape index (κ2) is 10.6. The van der Waals surface area contributed by atoms with Crippen LogP contribution in [0.1, 0.15) is 36.8 Å². The minimum absolute atomic E-state index is 0.00841. The second-order valence-electron chi connectivity index (χ2n) is 8.92. The molecule has 4 rings (SSSR count). The highest BCUT2D eigenvalue weighted by atomic mass is 16.5. The maximum atomic E-state index is 12.7. The van der Waals surface area contributed by atoms with Gasteiger partial charge in [-0.3, -0.25) is 9.59 Å². The molecule has 0 unspecified atom stereocenters. The van der Waals surface area contributed by atoms with Gasteiger partial charge in [-0.2, -0.15) is 0 Å². The van der Waals surface area contributed by atoms with Crippen molar-refractivity contribution in [3.05, 3.63) is 71.8 Å². The fourth-order valence-electron chi connectivity index (χ4n) is 4.83. The van der Waals surface area contributed by atoms with Crippen LogP contribution >= 0.6 is 0 Å². The van der Waals surface area contributed by atoms with Crippen LogP contribution in [0.25, 0.3) is 10.8 Å². The molecule has 2 N–H and O–H groups in total. The molecule has 0 radical (unpaired) electrons. The Kier molecular flexibility index (Phi) is 7.36. The monoisotopic (exact) mass is 460 g/mol. The lowest BCUT2D eigenvalue weighted by Crippen LogP contribution is -2.44. The van der Waals surface area contributed by atoms with Gasteiger partial charge in [-0.25, -0.2) is 0 Å². The van der Waals surface area contributed by atoms with Gasteiger partial charge < -0.3 is 20.1 Å². The van der Waals surface area contributed by atoms with E-state index in [1.165, 1.54) is 16.3 Å². The van der Waals surface area contributed by atoms with Crippen LogP contribution in [-0.4, -0.2) is 38.1 Å². The van der Waals surface area contributed by atoms with E-state index < -0.39 is 5.54 Å². The number of hydrogen-bond acceptors (Lipinski definition) is 4. The molecule has 34 heavy (non-hydrogen) atoms. The third-order valence-electron chi connectivity index (χ3n) is 6.69. The molecule has 6 nitrogen and oxygen atoms in total. The topological polar surface area (TPSA) is 76.7 Å². The van der Waals surface area contributed by atoms with Crippen LogP contribution in [0.4, 0.5) is 0 Å². The molecule has 3 aromatic carbocycles. The third-order valence-corrected chi connectivity index (χ3v) is 6.69. The van der Waals surface area contributed by atoms with E-state index in [4.69, 9.17) is 9.47 Å². The van der Waals surface area contributed by atoms with Crippen molar-refractivity contribution in [3.63, 3.8) is 0 Å². The fraction of sp³-hybridized carbons (Fsp3) is 0.357. The summed E-state index contributed by atoms with van der Waals surface area (Å²) in [6, 6.07) is 20.3. The number of rotatable bonds is 10. The van der Waals surface area contributed by atoms with Crippen LogP contribution in [0, 0.1) is 0 Å². The average Bonchev–Trinajstić information content (AvgIpc) is 3.23. The average molecular weight is 461 g/mol. The van der Waals surface area contributed by atoms with Crippen LogP contribution in [0.2, 0.25) is 0 Å². The number of amides is 2. The number of nitrogens with one attached hydrogen (secondary N) is 2. The largest absolute Gasteiger partial charge is 0.497 e. The van der Waals surface area contributed by atoms with Crippen molar-refractivity contribution in [2.45, 2.75) is 44.1 Å². The highest BCUT2D eigenvalue weighted by Crippen LogP contribution is 2.32. The van der Waals surface area contributed by atoms with E-state index in [-0.39, 0.29) is 11.8 Å². The molecule has 6 heteroatoms. The minimum Gasteiger partial charge on any atom is -0.497 e. The number of carbonyl (C=O) groups is 2. The zero-order valence-electron chi connectivity index (χ0n) is 19.9. The van der Waals surface area contributed by atoms with Gasteiger partial charge in [0.25, 0.3) is 0 Å². The second-order valence-corrected chi connectivity index (χ2v) is 8.92. The van der Waals surface area contributed by atoms with E-state index in [1.807, 2.05) is 30.3 Å². The maximum absolute atomic E-state index is 12.7. The van der Waals surface area contributed by atoms with E-state index in [9.17, 15) is 9.59 Å². The van der Waals surface area contributed by atoms with Crippen molar-refractivity contribution in [2.75, 3.05) is 20.8 Å². The summed E-state index contributed by atoms with van der Waals surface area (Å²) < 4.78 is 10.7. The van der Waals surface area contributed by atoms with Gasteiger partial charge in [-0.05, 0) is 53.6 Å². The van der Waals surface area contributed by atoms with E-state index >= 15 is 0 Å². The first-order chi connectivity index (χ1) is 16.5. The molecule has 1 aliphatic heterocycles. The van der Waals surface area contributed by atoms with Crippen molar-refractivity contribution in [1.82, 2.24) is 10.6 Å². The maximum Gasteiger partial charge on any atom is 0.220 e. The Bertz CT molecular complexity index is 1170. The van der Waals surface area contributed by atoms with Gasteiger partial charge in [0.15, 0.2) is 0 Å². The Morgan fingerprint density at radius 3 is 2.62 bits per heavy atom. The van der Waals surface area contributed by atoms with E-state index in [0.29, 0.717) is 32.2 Å². The Morgan fingerprint density at radius 2 is 1.85 bits per heavy atom. The van der Waals surface area contributed by atoms with Crippen molar-refractivity contribution in [3.8, 4) is 11.5 Å². The van der Waals surface area contributed by atoms with Gasteiger partial charge >= 0.3 is 0 Å². The normalized spacial score (nSPS) is 17.4. The van der Waals surface area contributed by atoms with Crippen LogP contribution in [-0.2, 0) is 22.4 Å². The first-order valence-corrected chi connectivity index (χ1v) is 11.8. The Morgan fingerprint density at radius 1 is 1.03 bits per heavy atom. The summed E-state index contributed by atoms with van der Waals surface area (Å²) in [5.41, 5.74) is 1.82. The predicted octanol–water partition coefficient (Wildman–Crippen LogP) is 4.19. The molecular weight excluding hydrogens is 428 g/mol. The third kappa shape index (κ3) is 5.50. The number of carbonyl (C=O) groups excluding carboxylic acids is 2. The number of fused-ring (bicyclic) bond motifs is 1. The lowest BCUT2D eigenvalue weighted by molar-refractivity contribution is -0.122. The molecular formula is C28H32N2O4. The van der Waals surface area contributed by atoms with Crippen molar-refractivity contribution in [1.29, 1.82) is 0 Å². The molecule has 0 saturated carbocycles. The van der Waals surface area contributed by atoms with Crippen LogP contribution in [0.15, 0.2) is 60.7 Å². The van der Waals surface area contributed by atoms with Crippen LogP contribution < -0.4 is 20.1 Å². The number of ether oxygens (including phenoxy) is 2. The van der Waals surface area contributed by atoms with Crippen molar-refractivity contribution in [2.24, 2.45) is 0 Å². The van der Waals surface area contributed by atoms with Gasteiger partial charge in [0.1, 0.15) is 11.5 Å². The van der Waals surface area contributed by atoms with E-state index in [0.717, 1.165) is 29.9 Å². The number of hydrogen-bond donors (Lipinski definition) is 2. The Labute approximate surface area is 200 Å². The molecule has 178 valence electrons. The molecule has 0 spiro atoms. The zero-order chi connectivity index (χ0) is 24.0. The summed E-state index contributed by atoms with van der Waals surface area (Å²) in [7, 11) is 3.25. The van der Waals surface area contributed by atoms with Gasteiger partial charge in [0.05, 0.1) is 14.2 Å². The summed E-state index contributed by atoms with van der Waals surface area (Å²) >= 11 is 0. The molecule has 0 aliphatic carbocycles. The highest BCUT2D eigenvalue weighted by Gasteiger charge is 2.38. The summed E-state index contributed by atoms with van der Waals surface area (Å²) in [5.74, 6) is 1.54. The number of methoxy groups -OCH3 is 2. The molecule has 1 fully saturated rings. The van der Waals surface area contributed by atoms with E-state index in [1.54, 1.807) is 14.2 Å². The molecule has 3 aromatic rings. The molecule has 1 saturated heterocycles. The summed E-state index contributed by atoms with van der Waals surface area (Å²) in [6.45, 7) is 0.518. The van der Waals surface area contributed by atoms with Crippen molar-refractivity contribution < 1.29 is 19.1 Å². The Hall–Kier alpha value is -3.54. The van der Waals surface area contributed by atoms with Gasteiger partial charge in [0.2, 0.25) is 11.8 Å².